The lowest BCUT2D eigenvalue weighted by Crippen LogP contribution is -2.30. The second-order valence-electron chi connectivity index (χ2n) is 4.94. The Balaban J connectivity index is 2.01. The summed E-state index contributed by atoms with van der Waals surface area (Å²) in [6, 6.07) is 9.12. The van der Waals surface area contributed by atoms with Crippen molar-refractivity contribution < 1.29 is 17.6 Å². The molecule has 5 nitrogen and oxygen atoms in total. The van der Waals surface area contributed by atoms with Gasteiger partial charge in [-0.2, -0.15) is 0 Å². The maximum absolute atomic E-state index is 12.1. The lowest BCUT2D eigenvalue weighted by molar-refractivity contribution is 0.0924. The second kappa shape index (κ2) is 5.76. The number of hydrogen-bond acceptors (Lipinski definition) is 5. The fraction of sp³-hybridized carbons (Fsp3) is 0.357. The van der Waals surface area contributed by atoms with Crippen LogP contribution < -0.4 is 0 Å². The Hall–Kier alpha value is -1.66. The topological polar surface area (TPSA) is 67.6 Å². The van der Waals surface area contributed by atoms with Gasteiger partial charge < -0.3 is 4.42 Å². The Morgan fingerprint density at radius 2 is 2.00 bits per heavy atom. The van der Waals surface area contributed by atoms with Crippen LogP contribution in [-0.2, 0) is 9.84 Å². The molecule has 0 saturated carbocycles. The van der Waals surface area contributed by atoms with E-state index in [1.54, 1.807) is 24.1 Å². The molecule has 0 aliphatic rings. The van der Waals surface area contributed by atoms with Crippen LogP contribution >= 0.6 is 0 Å². The van der Waals surface area contributed by atoms with E-state index >= 15 is 0 Å². The fourth-order valence-electron chi connectivity index (χ4n) is 1.84. The average molecular weight is 295 g/mol. The highest BCUT2D eigenvalue weighted by atomic mass is 32.2. The summed E-state index contributed by atoms with van der Waals surface area (Å²) in [5.74, 6) is 0.186. The molecule has 2 aromatic rings. The normalized spacial score (nSPS) is 12.2. The Kier molecular flexibility index (Phi) is 4.25. The van der Waals surface area contributed by atoms with Gasteiger partial charge in [0.2, 0.25) is 5.78 Å². The number of sulfone groups is 1. The van der Waals surface area contributed by atoms with Crippen molar-refractivity contribution in [1.29, 1.82) is 0 Å². The monoisotopic (exact) mass is 295 g/mol. The first-order valence-corrected chi connectivity index (χ1v) is 8.29. The molecule has 20 heavy (non-hydrogen) atoms. The first kappa shape index (κ1) is 14.7. The van der Waals surface area contributed by atoms with E-state index in [-0.39, 0.29) is 18.1 Å². The van der Waals surface area contributed by atoms with Crippen molar-refractivity contribution in [2.45, 2.75) is 0 Å². The van der Waals surface area contributed by atoms with Crippen LogP contribution in [0.2, 0.25) is 0 Å². The van der Waals surface area contributed by atoms with Crippen LogP contribution in [-0.4, -0.2) is 51.2 Å². The minimum Gasteiger partial charge on any atom is -0.453 e. The van der Waals surface area contributed by atoms with E-state index in [9.17, 15) is 13.2 Å². The second-order valence-corrected chi connectivity index (χ2v) is 7.20. The number of carbonyl (C=O) groups excluding carboxylic acids is 1. The Labute approximate surface area is 118 Å². The van der Waals surface area contributed by atoms with Crippen LogP contribution in [0.5, 0.6) is 0 Å². The van der Waals surface area contributed by atoms with Gasteiger partial charge in [0.25, 0.3) is 0 Å². The number of Topliss-reactive ketones (excluding diaryl/α,β-unsaturated/α-hetero) is 1. The quantitative estimate of drug-likeness (QED) is 0.757. The highest BCUT2D eigenvalue weighted by Crippen LogP contribution is 2.19. The molecule has 1 heterocycles. The van der Waals surface area contributed by atoms with Crippen molar-refractivity contribution in [2.75, 3.05) is 32.1 Å². The molecular weight excluding hydrogens is 278 g/mol. The lowest BCUT2D eigenvalue weighted by Gasteiger charge is -2.13. The first-order chi connectivity index (χ1) is 9.35. The smallest absolute Gasteiger partial charge is 0.211 e. The maximum atomic E-state index is 12.1. The van der Waals surface area contributed by atoms with Crippen molar-refractivity contribution in [3.63, 3.8) is 0 Å². The van der Waals surface area contributed by atoms with E-state index in [2.05, 4.69) is 0 Å². The van der Waals surface area contributed by atoms with Gasteiger partial charge in [0, 0.05) is 18.2 Å². The van der Waals surface area contributed by atoms with Gasteiger partial charge in [0.1, 0.15) is 15.4 Å². The van der Waals surface area contributed by atoms with Crippen molar-refractivity contribution in [3.05, 3.63) is 36.1 Å². The zero-order valence-electron chi connectivity index (χ0n) is 11.5. The highest BCUT2D eigenvalue weighted by Gasteiger charge is 2.15. The molecule has 0 spiro atoms. The van der Waals surface area contributed by atoms with Gasteiger partial charge >= 0.3 is 0 Å². The van der Waals surface area contributed by atoms with Gasteiger partial charge in [0.05, 0.1) is 12.3 Å². The summed E-state index contributed by atoms with van der Waals surface area (Å²) < 4.78 is 27.6. The average Bonchev–Trinajstić information content (AvgIpc) is 2.79. The SMILES string of the molecule is CN(CCS(C)(=O)=O)CC(=O)c1cc2ccccc2o1. The number of hydrogen-bond donors (Lipinski definition) is 0. The molecule has 108 valence electrons. The van der Waals surface area contributed by atoms with Gasteiger partial charge in [0.15, 0.2) is 5.76 Å². The molecule has 1 aromatic carbocycles. The Morgan fingerprint density at radius 1 is 1.30 bits per heavy atom. The molecule has 0 unspecified atom stereocenters. The maximum Gasteiger partial charge on any atom is 0.211 e. The third kappa shape index (κ3) is 3.91. The summed E-state index contributed by atoms with van der Waals surface area (Å²) in [7, 11) is -1.30. The van der Waals surface area contributed by atoms with Crippen LogP contribution in [0.3, 0.4) is 0 Å². The van der Waals surface area contributed by atoms with Crippen LogP contribution in [0.4, 0.5) is 0 Å². The first-order valence-electron chi connectivity index (χ1n) is 6.23. The number of likely N-dealkylation sites (N-methyl/N-ethyl adjacent to an activating group) is 1. The molecule has 0 aliphatic heterocycles. The zero-order valence-corrected chi connectivity index (χ0v) is 12.3. The van der Waals surface area contributed by atoms with Crippen LogP contribution in [0, 0.1) is 0 Å². The molecule has 0 atom stereocenters. The van der Waals surface area contributed by atoms with Gasteiger partial charge in [-0.15, -0.1) is 0 Å². The van der Waals surface area contributed by atoms with Crippen LogP contribution in [0.1, 0.15) is 10.6 Å². The standard InChI is InChI=1S/C14H17NO4S/c1-15(7-8-20(2,17)18)10-12(16)14-9-11-5-3-4-6-13(11)19-14/h3-6,9H,7-8,10H2,1-2H3. The molecule has 0 N–H and O–H groups in total. The molecule has 0 amide bonds. The van der Waals surface area contributed by atoms with Gasteiger partial charge in [-0.1, -0.05) is 18.2 Å². The van der Waals surface area contributed by atoms with Gasteiger partial charge in [-0.05, 0) is 19.2 Å². The minimum atomic E-state index is -3.02. The number of nitrogens with zero attached hydrogens (tertiary/aromatic N) is 1. The summed E-state index contributed by atoms with van der Waals surface area (Å²) in [6.45, 7) is 0.458. The third-order valence-corrected chi connectivity index (χ3v) is 3.88. The van der Waals surface area contributed by atoms with E-state index in [0.29, 0.717) is 17.9 Å². The van der Waals surface area contributed by atoms with E-state index in [4.69, 9.17) is 4.42 Å². The predicted octanol–water partition coefficient (Wildman–Crippen LogP) is 1.59. The number of carbonyl (C=O) groups is 1. The number of benzene rings is 1. The van der Waals surface area contributed by atoms with E-state index in [1.807, 2.05) is 18.2 Å². The van der Waals surface area contributed by atoms with Crippen molar-refractivity contribution in [1.82, 2.24) is 4.90 Å². The van der Waals surface area contributed by atoms with Gasteiger partial charge in [-0.3, -0.25) is 9.69 Å². The molecule has 1 aromatic heterocycles. The molecule has 0 fully saturated rings. The van der Waals surface area contributed by atoms with Crippen molar-refractivity contribution in [2.24, 2.45) is 0 Å². The van der Waals surface area contributed by atoms with E-state index < -0.39 is 9.84 Å². The largest absolute Gasteiger partial charge is 0.453 e. The summed E-state index contributed by atoms with van der Waals surface area (Å²) >= 11 is 0. The minimum absolute atomic E-state index is 0.0386. The zero-order chi connectivity index (χ0) is 14.8. The predicted molar refractivity (Wildman–Crippen MR) is 77.8 cm³/mol. The third-order valence-electron chi connectivity index (χ3n) is 2.96. The van der Waals surface area contributed by atoms with Crippen molar-refractivity contribution >= 4 is 26.6 Å². The molecule has 2 rings (SSSR count). The van der Waals surface area contributed by atoms with Gasteiger partial charge in [-0.25, -0.2) is 8.42 Å². The summed E-state index contributed by atoms with van der Waals surface area (Å²) in [5, 5.41) is 0.884. The molecule has 0 aliphatic carbocycles. The molecule has 0 radical (unpaired) electrons. The molecule has 0 saturated heterocycles. The van der Waals surface area contributed by atoms with E-state index in [1.165, 1.54) is 6.26 Å². The highest BCUT2D eigenvalue weighted by molar-refractivity contribution is 7.90. The number of rotatable bonds is 6. The molecular formula is C14H17NO4S. The Bertz CT molecular complexity index is 685. The Morgan fingerprint density at radius 3 is 2.65 bits per heavy atom. The summed E-state index contributed by atoms with van der Waals surface area (Å²) in [6.07, 6.45) is 1.18. The van der Waals surface area contributed by atoms with Crippen molar-refractivity contribution in [3.8, 4) is 0 Å². The number of ketones is 1. The summed E-state index contributed by atoms with van der Waals surface area (Å²) in [5.41, 5.74) is 0.676. The van der Waals surface area contributed by atoms with Crippen LogP contribution in [0.25, 0.3) is 11.0 Å². The number of furan rings is 1. The van der Waals surface area contributed by atoms with Crippen LogP contribution in [0.15, 0.2) is 34.7 Å². The summed E-state index contributed by atoms with van der Waals surface area (Å²) in [4.78, 5) is 13.7. The number of fused-ring (bicyclic) bond motifs is 1. The lowest BCUT2D eigenvalue weighted by atomic mass is 10.2. The molecule has 0 bridgehead atoms. The number of para-hydroxylation sites is 1. The van der Waals surface area contributed by atoms with E-state index in [0.717, 1.165) is 5.39 Å². The molecule has 6 heteroatoms. The fourth-order valence-corrected chi connectivity index (χ4v) is 2.49.